The summed E-state index contributed by atoms with van der Waals surface area (Å²) in [6.45, 7) is 3.06. The number of nitrogens with one attached hydrogen (secondary N) is 1. The average molecular weight is 210 g/mol. The van der Waals surface area contributed by atoms with E-state index in [0.29, 0.717) is 18.3 Å². The van der Waals surface area contributed by atoms with Crippen LogP contribution in [0.1, 0.15) is 39.0 Å². The first-order valence-corrected chi connectivity index (χ1v) is 6.19. The summed E-state index contributed by atoms with van der Waals surface area (Å²) in [5, 5.41) is 3.00. The van der Waals surface area contributed by atoms with E-state index in [4.69, 9.17) is 5.73 Å². The van der Waals surface area contributed by atoms with Crippen LogP contribution in [0, 0.1) is 17.8 Å². The van der Waals surface area contributed by atoms with Gasteiger partial charge in [0.15, 0.2) is 0 Å². The van der Waals surface area contributed by atoms with E-state index in [2.05, 4.69) is 12.2 Å². The quantitative estimate of drug-likeness (QED) is 0.694. The van der Waals surface area contributed by atoms with Gasteiger partial charge in [-0.1, -0.05) is 6.92 Å². The van der Waals surface area contributed by atoms with Crippen molar-refractivity contribution in [2.24, 2.45) is 23.5 Å². The maximum absolute atomic E-state index is 11.5. The molecule has 3 nitrogen and oxygen atoms in total. The maximum Gasteiger partial charge on any atom is 0.221 e. The smallest absolute Gasteiger partial charge is 0.221 e. The maximum atomic E-state index is 11.5. The Morgan fingerprint density at radius 2 is 1.93 bits per heavy atom. The summed E-state index contributed by atoms with van der Waals surface area (Å²) in [6.07, 6.45) is 5.64. The largest absolute Gasteiger partial charge is 0.356 e. The van der Waals surface area contributed by atoms with Crippen LogP contribution in [-0.2, 0) is 4.79 Å². The van der Waals surface area contributed by atoms with Crippen LogP contribution in [-0.4, -0.2) is 18.5 Å². The van der Waals surface area contributed by atoms with Crippen molar-refractivity contribution in [3.8, 4) is 0 Å². The number of nitrogens with two attached hydrogens (primary N) is 1. The van der Waals surface area contributed by atoms with Crippen molar-refractivity contribution in [1.29, 1.82) is 0 Å². The lowest BCUT2D eigenvalue weighted by atomic mass is 10.1. The summed E-state index contributed by atoms with van der Waals surface area (Å²) in [5.41, 5.74) is 5.90. The first kappa shape index (κ1) is 10.9. The molecular weight excluding hydrogens is 188 g/mol. The summed E-state index contributed by atoms with van der Waals surface area (Å²) in [4.78, 5) is 11.5. The Hall–Kier alpha value is -0.570. The number of carbonyl (C=O) groups is 1. The second kappa shape index (κ2) is 4.52. The van der Waals surface area contributed by atoms with Crippen molar-refractivity contribution in [2.75, 3.05) is 6.54 Å². The first-order valence-electron chi connectivity index (χ1n) is 6.19. The summed E-state index contributed by atoms with van der Waals surface area (Å²) in [6, 6.07) is 0.0984. The molecule has 2 aliphatic rings. The normalized spacial score (nSPS) is 24.7. The molecular formula is C12H22N2O. The Labute approximate surface area is 91.8 Å². The Morgan fingerprint density at radius 1 is 1.33 bits per heavy atom. The fraction of sp³-hybridized carbons (Fsp3) is 0.917. The first-order chi connectivity index (χ1) is 7.16. The molecule has 3 heteroatoms. The predicted octanol–water partition coefficient (Wildman–Crippen LogP) is 1.28. The van der Waals surface area contributed by atoms with Gasteiger partial charge in [-0.2, -0.15) is 0 Å². The molecule has 3 N–H and O–H groups in total. The number of hydrogen-bond donors (Lipinski definition) is 2. The van der Waals surface area contributed by atoms with E-state index < -0.39 is 0 Å². The molecule has 15 heavy (non-hydrogen) atoms. The van der Waals surface area contributed by atoms with Crippen molar-refractivity contribution < 1.29 is 4.79 Å². The minimum atomic E-state index is 0.0984. The third-order valence-electron chi connectivity index (χ3n) is 3.70. The third-order valence-corrected chi connectivity index (χ3v) is 3.70. The Balaban J connectivity index is 1.58. The minimum absolute atomic E-state index is 0.0984. The Morgan fingerprint density at radius 3 is 2.47 bits per heavy atom. The van der Waals surface area contributed by atoms with Gasteiger partial charge in [-0.05, 0) is 43.4 Å². The number of hydrogen-bond acceptors (Lipinski definition) is 2. The molecule has 1 amide bonds. The van der Waals surface area contributed by atoms with E-state index in [9.17, 15) is 4.79 Å². The van der Waals surface area contributed by atoms with Crippen LogP contribution in [0.2, 0.25) is 0 Å². The van der Waals surface area contributed by atoms with Crippen molar-refractivity contribution in [3.63, 3.8) is 0 Å². The van der Waals surface area contributed by atoms with E-state index in [1.165, 1.54) is 25.7 Å². The molecule has 2 saturated carbocycles. The lowest BCUT2D eigenvalue weighted by Gasteiger charge is -2.13. The van der Waals surface area contributed by atoms with Crippen LogP contribution >= 0.6 is 0 Å². The van der Waals surface area contributed by atoms with Gasteiger partial charge < -0.3 is 11.1 Å². The van der Waals surface area contributed by atoms with Crippen LogP contribution < -0.4 is 11.1 Å². The molecule has 0 saturated heterocycles. The zero-order valence-corrected chi connectivity index (χ0v) is 9.54. The zero-order chi connectivity index (χ0) is 10.8. The van der Waals surface area contributed by atoms with Crippen molar-refractivity contribution in [3.05, 3.63) is 0 Å². The summed E-state index contributed by atoms with van der Waals surface area (Å²) in [7, 11) is 0. The molecule has 86 valence electrons. The Bertz CT molecular complexity index is 234. The van der Waals surface area contributed by atoms with E-state index in [1.807, 2.05) is 0 Å². The Kier molecular flexibility index (Phi) is 3.29. The predicted molar refractivity (Wildman–Crippen MR) is 60.2 cm³/mol. The molecule has 2 atom stereocenters. The highest BCUT2D eigenvalue weighted by Crippen LogP contribution is 2.36. The van der Waals surface area contributed by atoms with E-state index in [1.54, 1.807) is 0 Å². The number of carbonyl (C=O) groups excluding carboxylic acids is 1. The third kappa shape index (κ3) is 3.49. The zero-order valence-electron chi connectivity index (χ0n) is 9.54. The van der Waals surface area contributed by atoms with Gasteiger partial charge in [0.05, 0.1) is 0 Å². The van der Waals surface area contributed by atoms with Crippen LogP contribution in [0.25, 0.3) is 0 Å². The molecule has 0 aromatic heterocycles. The standard InChI is InChI=1S/C12H22N2O/c1-8(9-2-3-9)7-14-12(15)6-11(13)10-4-5-10/h8-11H,2-7,13H2,1H3,(H,14,15). The molecule has 0 radical (unpaired) electrons. The van der Waals surface area contributed by atoms with E-state index in [-0.39, 0.29) is 11.9 Å². The van der Waals surface area contributed by atoms with E-state index in [0.717, 1.165) is 12.5 Å². The minimum Gasteiger partial charge on any atom is -0.356 e. The second-order valence-electron chi connectivity index (χ2n) is 5.32. The molecule has 0 bridgehead atoms. The van der Waals surface area contributed by atoms with Crippen LogP contribution in [0.15, 0.2) is 0 Å². The SMILES string of the molecule is CC(CNC(=O)CC(N)C1CC1)C1CC1. The van der Waals surface area contributed by atoms with Gasteiger partial charge in [-0.15, -0.1) is 0 Å². The van der Waals surface area contributed by atoms with Crippen molar-refractivity contribution in [1.82, 2.24) is 5.32 Å². The summed E-state index contributed by atoms with van der Waals surface area (Å²) >= 11 is 0. The van der Waals surface area contributed by atoms with Crippen LogP contribution in [0.3, 0.4) is 0 Å². The lowest BCUT2D eigenvalue weighted by Crippen LogP contribution is -2.35. The van der Waals surface area contributed by atoms with Crippen molar-refractivity contribution >= 4 is 5.91 Å². The van der Waals surface area contributed by atoms with Gasteiger partial charge in [0, 0.05) is 19.0 Å². The molecule has 2 aliphatic carbocycles. The van der Waals surface area contributed by atoms with Crippen LogP contribution in [0.5, 0.6) is 0 Å². The van der Waals surface area contributed by atoms with Crippen molar-refractivity contribution in [2.45, 2.75) is 45.1 Å². The number of rotatable bonds is 6. The molecule has 0 spiro atoms. The second-order valence-corrected chi connectivity index (χ2v) is 5.32. The molecule has 0 aliphatic heterocycles. The van der Waals surface area contributed by atoms with Gasteiger partial charge >= 0.3 is 0 Å². The topological polar surface area (TPSA) is 55.1 Å². The summed E-state index contributed by atoms with van der Waals surface area (Å²) in [5.74, 6) is 2.27. The monoisotopic (exact) mass is 210 g/mol. The number of amides is 1. The lowest BCUT2D eigenvalue weighted by molar-refractivity contribution is -0.121. The molecule has 2 unspecified atom stereocenters. The average Bonchev–Trinajstić information content (AvgIpc) is 3.06. The molecule has 2 fully saturated rings. The summed E-state index contributed by atoms with van der Waals surface area (Å²) < 4.78 is 0. The highest BCUT2D eigenvalue weighted by atomic mass is 16.1. The molecule has 0 aromatic rings. The highest BCUT2D eigenvalue weighted by molar-refractivity contribution is 5.76. The van der Waals surface area contributed by atoms with Gasteiger partial charge in [-0.25, -0.2) is 0 Å². The fourth-order valence-electron chi connectivity index (χ4n) is 2.08. The molecule has 0 aromatic carbocycles. The van der Waals surface area contributed by atoms with Crippen LogP contribution in [0.4, 0.5) is 0 Å². The molecule has 2 rings (SSSR count). The van der Waals surface area contributed by atoms with Gasteiger partial charge in [0.25, 0.3) is 0 Å². The fourth-order valence-corrected chi connectivity index (χ4v) is 2.08. The van der Waals surface area contributed by atoms with Gasteiger partial charge in [0.2, 0.25) is 5.91 Å². The van der Waals surface area contributed by atoms with E-state index >= 15 is 0 Å². The van der Waals surface area contributed by atoms with Gasteiger partial charge in [-0.3, -0.25) is 4.79 Å². The highest BCUT2D eigenvalue weighted by Gasteiger charge is 2.30. The van der Waals surface area contributed by atoms with Gasteiger partial charge in [0.1, 0.15) is 0 Å². The molecule has 0 heterocycles.